The molecule has 0 unspecified atom stereocenters. The number of nitrogens with zero attached hydrogens (tertiary/aromatic N) is 1. The summed E-state index contributed by atoms with van der Waals surface area (Å²) in [6.45, 7) is 6.28. The Morgan fingerprint density at radius 1 is 0.962 bits per heavy atom. The predicted octanol–water partition coefficient (Wildman–Crippen LogP) is 4.44. The number of amides is 1. The lowest BCUT2D eigenvalue weighted by atomic mass is 10.0. The SMILES string of the molecule is Cc1ccc(C(=O)N2CCC[C@H]2c2ccc3c(c2)OCCCO3)cc1C. The Morgan fingerprint density at radius 2 is 1.77 bits per heavy atom. The molecule has 2 aliphatic heterocycles. The third-order valence-corrected chi connectivity index (χ3v) is 5.42. The molecule has 0 aromatic heterocycles. The molecule has 4 nitrogen and oxygen atoms in total. The molecular formula is C22H25NO3. The van der Waals surface area contributed by atoms with Crippen LogP contribution >= 0.6 is 0 Å². The van der Waals surface area contributed by atoms with Crippen LogP contribution < -0.4 is 9.47 Å². The minimum atomic E-state index is 0.0984. The van der Waals surface area contributed by atoms with Crippen LogP contribution in [0.3, 0.4) is 0 Å². The summed E-state index contributed by atoms with van der Waals surface area (Å²) in [5, 5.41) is 0. The van der Waals surface area contributed by atoms with Gasteiger partial charge in [-0.05, 0) is 67.6 Å². The fourth-order valence-corrected chi connectivity index (χ4v) is 3.78. The number of hydrogen-bond donors (Lipinski definition) is 0. The molecule has 0 spiro atoms. The highest BCUT2D eigenvalue weighted by Crippen LogP contribution is 2.38. The van der Waals surface area contributed by atoms with Crippen molar-refractivity contribution in [3.8, 4) is 11.5 Å². The molecule has 0 radical (unpaired) electrons. The number of carbonyl (C=O) groups is 1. The Balaban J connectivity index is 1.61. The van der Waals surface area contributed by atoms with Gasteiger partial charge < -0.3 is 14.4 Å². The Hall–Kier alpha value is -2.49. The van der Waals surface area contributed by atoms with Crippen molar-refractivity contribution in [3.63, 3.8) is 0 Å². The van der Waals surface area contributed by atoms with Crippen molar-refractivity contribution in [2.45, 2.75) is 39.2 Å². The topological polar surface area (TPSA) is 38.8 Å². The van der Waals surface area contributed by atoms with Crippen LogP contribution in [0.25, 0.3) is 0 Å². The van der Waals surface area contributed by atoms with Crippen molar-refractivity contribution in [2.75, 3.05) is 19.8 Å². The van der Waals surface area contributed by atoms with Crippen LogP contribution in [0.15, 0.2) is 36.4 Å². The fraction of sp³-hybridized carbons (Fsp3) is 0.409. The maximum atomic E-state index is 13.1. The number of likely N-dealkylation sites (tertiary alicyclic amines) is 1. The number of rotatable bonds is 2. The van der Waals surface area contributed by atoms with Crippen molar-refractivity contribution in [3.05, 3.63) is 58.7 Å². The number of hydrogen-bond acceptors (Lipinski definition) is 3. The smallest absolute Gasteiger partial charge is 0.254 e. The summed E-state index contributed by atoms with van der Waals surface area (Å²) in [5.74, 6) is 1.71. The molecule has 0 N–H and O–H groups in total. The molecule has 0 saturated carbocycles. The summed E-state index contributed by atoms with van der Waals surface area (Å²) >= 11 is 0. The Morgan fingerprint density at radius 3 is 2.58 bits per heavy atom. The summed E-state index contributed by atoms with van der Waals surface area (Å²) in [6.07, 6.45) is 2.90. The van der Waals surface area contributed by atoms with Crippen molar-refractivity contribution < 1.29 is 14.3 Å². The van der Waals surface area contributed by atoms with Gasteiger partial charge in [0.1, 0.15) is 0 Å². The minimum Gasteiger partial charge on any atom is -0.490 e. The highest BCUT2D eigenvalue weighted by molar-refractivity contribution is 5.95. The summed E-state index contributed by atoms with van der Waals surface area (Å²) in [6, 6.07) is 12.2. The van der Waals surface area contributed by atoms with Gasteiger partial charge in [-0.25, -0.2) is 0 Å². The maximum absolute atomic E-state index is 13.1. The minimum absolute atomic E-state index is 0.0984. The summed E-state index contributed by atoms with van der Waals surface area (Å²) < 4.78 is 11.6. The molecule has 1 atom stereocenters. The first-order valence-corrected chi connectivity index (χ1v) is 9.41. The van der Waals surface area contributed by atoms with Gasteiger partial charge in [-0.3, -0.25) is 4.79 Å². The van der Waals surface area contributed by atoms with Crippen LogP contribution in [-0.4, -0.2) is 30.6 Å². The third kappa shape index (κ3) is 3.16. The molecule has 26 heavy (non-hydrogen) atoms. The van der Waals surface area contributed by atoms with Gasteiger partial charge in [0.2, 0.25) is 0 Å². The van der Waals surface area contributed by atoms with Gasteiger partial charge >= 0.3 is 0 Å². The normalized spacial score (nSPS) is 19.3. The number of fused-ring (bicyclic) bond motifs is 1. The molecule has 2 aromatic rings. The van der Waals surface area contributed by atoms with E-state index in [1.54, 1.807) is 0 Å². The maximum Gasteiger partial charge on any atom is 0.254 e. The lowest BCUT2D eigenvalue weighted by Gasteiger charge is -2.26. The van der Waals surface area contributed by atoms with Gasteiger partial charge in [-0.2, -0.15) is 0 Å². The van der Waals surface area contributed by atoms with Crippen molar-refractivity contribution in [1.29, 1.82) is 0 Å². The van der Waals surface area contributed by atoms with E-state index in [0.29, 0.717) is 13.2 Å². The zero-order chi connectivity index (χ0) is 18.1. The van der Waals surface area contributed by atoms with Crippen molar-refractivity contribution >= 4 is 5.91 Å². The van der Waals surface area contributed by atoms with E-state index in [1.165, 1.54) is 5.56 Å². The monoisotopic (exact) mass is 351 g/mol. The molecule has 0 aliphatic carbocycles. The molecular weight excluding hydrogens is 326 g/mol. The molecule has 4 heteroatoms. The van der Waals surface area contributed by atoms with Crippen molar-refractivity contribution in [2.24, 2.45) is 0 Å². The number of carbonyl (C=O) groups excluding carboxylic acids is 1. The molecule has 0 bridgehead atoms. The molecule has 1 amide bonds. The van der Waals surface area contributed by atoms with E-state index in [1.807, 2.05) is 29.2 Å². The van der Waals surface area contributed by atoms with E-state index >= 15 is 0 Å². The van der Waals surface area contributed by atoms with Crippen LogP contribution in [0.4, 0.5) is 0 Å². The summed E-state index contributed by atoms with van der Waals surface area (Å²) in [7, 11) is 0. The highest BCUT2D eigenvalue weighted by atomic mass is 16.5. The highest BCUT2D eigenvalue weighted by Gasteiger charge is 2.31. The van der Waals surface area contributed by atoms with Crippen LogP contribution in [-0.2, 0) is 0 Å². The van der Waals surface area contributed by atoms with Crippen LogP contribution in [0.2, 0.25) is 0 Å². The third-order valence-electron chi connectivity index (χ3n) is 5.42. The number of ether oxygens (including phenoxy) is 2. The van der Waals surface area contributed by atoms with E-state index < -0.39 is 0 Å². The lowest BCUT2D eigenvalue weighted by Crippen LogP contribution is -2.30. The molecule has 4 rings (SSSR count). The van der Waals surface area contributed by atoms with Gasteiger partial charge in [0.25, 0.3) is 5.91 Å². The molecule has 1 saturated heterocycles. The Kier molecular flexibility index (Phi) is 4.58. The standard InChI is InChI=1S/C22H25NO3/c1-15-6-7-18(13-16(15)2)22(24)23-10-3-5-19(23)17-8-9-20-21(14-17)26-12-4-11-25-20/h6-9,13-14,19H,3-5,10-12H2,1-2H3/t19-/m0/s1. The first kappa shape index (κ1) is 17.0. The molecule has 2 aromatic carbocycles. The van der Waals surface area contributed by atoms with E-state index in [0.717, 1.165) is 54.0 Å². The van der Waals surface area contributed by atoms with Crippen molar-refractivity contribution in [1.82, 2.24) is 4.90 Å². The second kappa shape index (κ2) is 7.02. The molecule has 1 fully saturated rings. The molecule has 2 aliphatic rings. The first-order chi connectivity index (χ1) is 12.6. The number of aryl methyl sites for hydroxylation is 2. The van der Waals surface area contributed by atoms with Gasteiger partial charge in [-0.1, -0.05) is 12.1 Å². The van der Waals surface area contributed by atoms with Gasteiger partial charge in [0, 0.05) is 18.5 Å². The van der Waals surface area contributed by atoms with E-state index in [2.05, 4.69) is 26.0 Å². The second-order valence-corrected chi connectivity index (χ2v) is 7.21. The van der Waals surface area contributed by atoms with Gasteiger partial charge in [0.05, 0.1) is 19.3 Å². The van der Waals surface area contributed by atoms with Crippen LogP contribution in [0.1, 0.15) is 52.4 Å². The van der Waals surface area contributed by atoms with E-state index in [9.17, 15) is 4.79 Å². The van der Waals surface area contributed by atoms with Crippen LogP contribution in [0, 0.1) is 13.8 Å². The zero-order valence-electron chi connectivity index (χ0n) is 15.5. The predicted molar refractivity (Wildman–Crippen MR) is 101 cm³/mol. The Labute approximate surface area is 154 Å². The lowest BCUT2D eigenvalue weighted by molar-refractivity contribution is 0.0735. The fourth-order valence-electron chi connectivity index (χ4n) is 3.78. The summed E-state index contributed by atoms with van der Waals surface area (Å²) in [5.41, 5.74) is 4.27. The average Bonchev–Trinajstić information content (AvgIpc) is 3.02. The zero-order valence-corrected chi connectivity index (χ0v) is 15.5. The van der Waals surface area contributed by atoms with E-state index in [4.69, 9.17) is 9.47 Å². The van der Waals surface area contributed by atoms with Gasteiger partial charge in [0.15, 0.2) is 11.5 Å². The van der Waals surface area contributed by atoms with Gasteiger partial charge in [-0.15, -0.1) is 0 Å². The number of benzene rings is 2. The average molecular weight is 351 g/mol. The van der Waals surface area contributed by atoms with E-state index in [-0.39, 0.29) is 11.9 Å². The quantitative estimate of drug-likeness (QED) is 0.803. The first-order valence-electron chi connectivity index (χ1n) is 9.41. The molecule has 2 heterocycles. The summed E-state index contributed by atoms with van der Waals surface area (Å²) in [4.78, 5) is 15.1. The van der Waals surface area contributed by atoms with Crippen LogP contribution in [0.5, 0.6) is 11.5 Å². The molecule has 136 valence electrons. The Bertz CT molecular complexity index is 830. The largest absolute Gasteiger partial charge is 0.490 e. The second-order valence-electron chi connectivity index (χ2n) is 7.21.